The van der Waals surface area contributed by atoms with Crippen molar-refractivity contribution in [1.82, 2.24) is 0 Å². The Kier molecular flexibility index (Phi) is 3.73. The average Bonchev–Trinajstić information content (AvgIpc) is 3.18. The zero-order valence-corrected chi connectivity index (χ0v) is 15.8. The summed E-state index contributed by atoms with van der Waals surface area (Å²) in [6.07, 6.45) is 4.89. The molecule has 142 valence electrons. The molecule has 0 radical (unpaired) electrons. The standard InChI is InChI=1S/C22H30O4/c1-21-12-18(24)20-15-6-4-14(23)11-13(15)3-5-16(20)17(21)7-8-19(21)22(2)25-9-10-26-22/h4,6,11,16-20,23-24H,3,5,7-10,12H2,1-2H3/t16?,17?,18-,19?,20?,21?/m0/s1. The smallest absolute Gasteiger partial charge is 0.169 e. The Labute approximate surface area is 155 Å². The summed E-state index contributed by atoms with van der Waals surface area (Å²) in [6.45, 7) is 5.84. The highest BCUT2D eigenvalue weighted by atomic mass is 16.7. The van der Waals surface area contributed by atoms with E-state index in [4.69, 9.17) is 9.47 Å². The number of aromatic hydroxyl groups is 1. The van der Waals surface area contributed by atoms with Crippen LogP contribution < -0.4 is 0 Å². The third kappa shape index (κ3) is 2.25. The van der Waals surface area contributed by atoms with Crippen LogP contribution in [0, 0.1) is 23.2 Å². The minimum atomic E-state index is -0.492. The molecule has 5 rings (SSSR count). The molecule has 0 spiro atoms. The second-order valence-corrected chi connectivity index (χ2v) is 9.34. The molecule has 2 saturated carbocycles. The Morgan fingerprint density at radius 2 is 1.85 bits per heavy atom. The molecule has 5 unspecified atom stereocenters. The van der Waals surface area contributed by atoms with Crippen molar-refractivity contribution in [2.24, 2.45) is 23.2 Å². The molecule has 26 heavy (non-hydrogen) atoms. The van der Waals surface area contributed by atoms with Crippen LogP contribution in [0.2, 0.25) is 0 Å². The summed E-state index contributed by atoms with van der Waals surface area (Å²) in [5.41, 5.74) is 2.54. The van der Waals surface area contributed by atoms with Crippen LogP contribution in [0.5, 0.6) is 5.75 Å². The minimum Gasteiger partial charge on any atom is -0.508 e. The van der Waals surface area contributed by atoms with Crippen molar-refractivity contribution in [3.8, 4) is 5.75 Å². The van der Waals surface area contributed by atoms with Crippen molar-refractivity contribution in [3.63, 3.8) is 0 Å². The van der Waals surface area contributed by atoms with Crippen molar-refractivity contribution in [3.05, 3.63) is 29.3 Å². The zero-order chi connectivity index (χ0) is 18.1. The van der Waals surface area contributed by atoms with Gasteiger partial charge in [0.05, 0.1) is 19.3 Å². The van der Waals surface area contributed by atoms with Gasteiger partial charge in [0.2, 0.25) is 0 Å². The predicted octanol–water partition coefficient (Wildman–Crippen LogP) is 3.60. The number of aliphatic hydroxyl groups is 1. The molecule has 4 aliphatic rings. The second-order valence-electron chi connectivity index (χ2n) is 9.34. The van der Waals surface area contributed by atoms with Crippen LogP contribution in [0.1, 0.15) is 56.6 Å². The molecule has 6 atom stereocenters. The Balaban J connectivity index is 1.51. The van der Waals surface area contributed by atoms with Crippen molar-refractivity contribution in [2.75, 3.05) is 13.2 Å². The Bertz CT molecular complexity index is 710. The average molecular weight is 358 g/mol. The van der Waals surface area contributed by atoms with Crippen LogP contribution in [0.15, 0.2) is 18.2 Å². The summed E-state index contributed by atoms with van der Waals surface area (Å²) in [4.78, 5) is 0. The van der Waals surface area contributed by atoms with Gasteiger partial charge in [-0.3, -0.25) is 0 Å². The van der Waals surface area contributed by atoms with E-state index in [1.165, 1.54) is 17.5 Å². The fraction of sp³-hybridized carbons (Fsp3) is 0.727. The third-order valence-electron chi connectivity index (χ3n) is 8.18. The summed E-state index contributed by atoms with van der Waals surface area (Å²) in [5, 5.41) is 21.1. The van der Waals surface area contributed by atoms with Gasteiger partial charge in [-0.25, -0.2) is 0 Å². The Hall–Kier alpha value is -1.10. The van der Waals surface area contributed by atoms with E-state index < -0.39 is 5.79 Å². The van der Waals surface area contributed by atoms with Crippen LogP contribution in [0.4, 0.5) is 0 Å². The van der Waals surface area contributed by atoms with Crippen molar-refractivity contribution >= 4 is 0 Å². The topological polar surface area (TPSA) is 58.9 Å². The van der Waals surface area contributed by atoms with E-state index in [2.05, 4.69) is 13.8 Å². The normalized spacial score (nSPS) is 43.6. The summed E-state index contributed by atoms with van der Waals surface area (Å²) >= 11 is 0. The fourth-order valence-electron chi connectivity index (χ4n) is 7.24. The molecule has 0 bridgehead atoms. The number of benzene rings is 1. The summed E-state index contributed by atoms with van der Waals surface area (Å²) in [5.74, 6) is 1.51. The number of phenols is 1. The van der Waals surface area contributed by atoms with Crippen molar-refractivity contribution < 1.29 is 19.7 Å². The van der Waals surface area contributed by atoms with E-state index in [1.54, 1.807) is 6.07 Å². The molecule has 1 heterocycles. The van der Waals surface area contributed by atoms with Gasteiger partial charge in [-0.1, -0.05) is 13.0 Å². The van der Waals surface area contributed by atoms with E-state index in [1.807, 2.05) is 12.1 Å². The second kappa shape index (κ2) is 5.70. The zero-order valence-electron chi connectivity index (χ0n) is 15.8. The lowest BCUT2D eigenvalue weighted by Crippen LogP contribution is -2.53. The quantitative estimate of drug-likeness (QED) is 0.805. The molecule has 3 aliphatic carbocycles. The maximum absolute atomic E-state index is 11.2. The molecular formula is C22H30O4. The van der Waals surface area contributed by atoms with E-state index in [9.17, 15) is 10.2 Å². The Morgan fingerprint density at radius 1 is 1.08 bits per heavy atom. The first kappa shape index (κ1) is 17.0. The monoisotopic (exact) mass is 358 g/mol. The van der Waals surface area contributed by atoms with Gasteiger partial charge < -0.3 is 19.7 Å². The van der Waals surface area contributed by atoms with E-state index in [0.29, 0.717) is 36.7 Å². The van der Waals surface area contributed by atoms with Gasteiger partial charge in [0.15, 0.2) is 5.79 Å². The number of aliphatic hydroxyl groups excluding tert-OH is 1. The highest BCUT2D eigenvalue weighted by Gasteiger charge is 2.62. The first-order valence-corrected chi connectivity index (χ1v) is 10.2. The molecule has 4 heteroatoms. The number of phenolic OH excluding ortho intramolecular Hbond substituents is 1. The molecule has 0 amide bonds. The van der Waals surface area contributed by atoms with Crippen LogP contribution in [0.25, 0.3) is 0 Å². The van der Waals surface area contributed by atoms with E-state index in [-0.39, 0.29) is 17.4 Å². The van der Waals surface area contributed by atoms with E-state index in [0.717, 1.165) is 25.7 Å². The predicted molar refractivity (Wildman–Crippen MR) is 97.9 cm³/mol. The van der Waals surface area contributed by atoms with Gasteiger partial charge >= 0.3 is 0 Å². The lowest BCUT2D eigenvalue weighted by Gasteiger charge is -2.54. The highest BCUT2D eigenvalue weighted by Crippen LogP contribution is 2.65. The van der Waals surface area contributed by atoms with Gasteiger partial charge in [0.1, 0.15) is 5.75 Å². The van der Waals surface area contributed by atoms with Crippen LogP contribution in [-0.4, -0.2) is 35.3 Å². The molecule has 1 aromatic carbocycles. The fourth-order valence-corrected chi connectivity index (χ4v) is 7.24. The molecule has 1 saturated heterocycles. The van der Waals surface area contributed by atoms with Crippen molar-refractivity contribution in [2.45, 2.75) is 63.8 Å². The lowest BCUT2D eigenvalue weighted by molar-refractivity contribution is -0.216. The minimum absolute atomic E-state index is 0.0636. The maximum atomic E-state index is 11.2. The number of hydrogen-bond donors (Lipinski definition) is 2. The molecule has 4 nitrogen and oxygen atoms in total. The largest absolute Gasteiger partial charge is 0.508 e. The van der Waals surface area contributed by atoms with Crippen LogP contribution in [-0.2, 0) is 15.9 Å². The summed E-state index contributed by atoms with van der Waals surface area (Å²) in [7, 11) is 0. The van der Waals surface area contributed by atoms with Crippen LogP contribution >= 0.6 is 0 Å². The number of hydrogen-bond acceptors (Lipinski definition) is 4. The molecular weight excluding hydrogens is 328 g/mol. The van der Waals surface area contributed by atoms with Gasteiger partial charge in [0, 0.05) is 11.8 Å². The van der Waals surface area contributed by atoms with Crippen LogP contribution in [0.3, 0.4) is 0 Å². The lowest BCUT2D eigenvalue weighted by atomic mass is 9.52. The van der Waals surface area contributed by atoms with Gasteiger partial charge in [-0.05, 0) is 79.5 Å². The highest BCUT2D eigenvalue weighted by molar-refractivity contribution is 5.41. The molecule has 3 fully saturated rings. The number of aryl methyl sites for hydroxylation is 1. The summed E-state index contributed by atoms with van der Waals surface area (Å²) < 4.78 is 12.1. The maximum Gasteiger partial charge on any atom is 0.169 e. The van der Waals surface area contributed by atoms with Gasteiger partial charge in [-0.15, -0.1) is 0 Å². The molecule has 2 N–H and O–H groups in total. The summed E-state index contributed by atoms with van der Waals surface area (Å²) in [6, 6.07) is 5.72. The molecule has 1 aromatic rings. The van der Waals surface area contributed by atoms with Crippen molar-refractivity contribution in [1.29, 1.82) is 0 Å². The van der Waals surface area contributed by atoms with Gasteiger partial charge in [-0.2, -0.15) is 0 Å². The first-order chi connectivity index (χ1) is 12.4. The molecule has 1 aliphatic heterocycles. The van der Waals surface area contributed by atoms with E-state index >= 15 is 0 Å². The molecule has 0 aromatic heterocycles. The first-order valence-electron chi connectivity index (χ1n) is 10.2. The Morgan fingerprint density at radius 3 is 2.62 bits per heavy atom. The number of rotatable bonds is 1. The number of ether oxygens (including phenoxy) is 2. The van der Waals surface area contributed by atoms with Gasteiger partial charge in [0.25, 0.3) is 0 Å². The SMILES string of the molecule is CC1(C2CCC3C4CCc5cc(O)ccc5C4[C@@H](O)CC32C)OCCO1. The third-order valence-corrected chi connectivity index (χ3v) is 8.18. The number of fused-ring (bicyclic) bond motifs is 5.